The molecular weight excluding hydrogens is 432 g/mol. The monoisotopic (exact) mass is 468 g/mol. The molecule has 1 saturated heterocycles. The van der Waals surface area contributed by atoms with E-state index >= 15 is 0 Å². The molecule has 0 saturated carbocycles. The number of ether oxygens (including phenoxy) is 1. The van der Waals surface area contributed by atoms with Crippen LogP contribution < -0.4 is 5.32 Å². The van der Waals surface area contributed by atoms with Gasteiger partial charge in [0.15, 0.2) is 0 Å². The Kier molecular flexibility index (Phi) is 9.06. The van der Waals surface area contributed by atoms with Gasteiger partial charge in [-0.25, -0.2) is 13.2 Å². The molecule has 1 aromatic rings. The molecule has 0 spiro atoms. The number of nitrogens with zero attached hydrogens (tertiary/aromatic N) is 3. The zero-order valence-corrected chi connectivity index (χ0v) is 20.6. The van der Waals surface area contributed by atoms with Gasteiger partial charge in [-0.05, 0) is 45.0 Å². The summed E-state index contributed by atoms with van der Waals surface area (Å²) in [5, 5.41) is 2.87. The van der Waals surface area contributed by atoms with Crippen molar-refractivity contribution in [2.75, 3.05) is 52.4 Å². The van der Waals surface area contributed by atoms with E-state index in [-0.39, 0.29) is 16.9 Å². The van der Waals surface area contributed by atoms with E-state index < -0.39 is 15.6 Å². The molecule has 2 amide bonds. The quantitative estimate of drug-likeness (QED) is 0.627. The molecule has 32 heavy (non-hydrogen) atoms. The molecule has 0 unspecified atom stereocenters. The number of piperazine rings is 1. The number of nitrogens with one attached hydrogen (secondary N) is 1. The van der Waals surface area contributed by atoms with Crippen molar-refractivity contribution >= 4 is 22.0 Å². The second-order valence-electron chi connectivity index (χ2n) is 8.68. The predicted octanol–water partition coefficient (Wildman–Crippen LogP) is 2.00. The van der Waals surface area contributed by atoms with E-state index in [9.17, 15) is 18.0 Å². The Labute approximate surface area is 191 Å². The highest BCUT2D eigenvalue weighted by molar-refractivity contribution is 7.89. The summed E-state index contributed by atoms with van der Waals surface area (Å²) in [6, 6.07) is 6.01. The van der Waals surface area contributed by atoms with Gasteiger partial charge in [-0.2, -0.15) is 4.31 Å². The third-order valence-electron chi connectivity index (χ3n) is 5.20. The Balaban J connectivity index is 1.79. The van der Waals surface area contributed by atoms with Crippen LogP contribution in [0.3, 0.4) is 0 Å². The lowest BCUT2D eigenvalue weighted by molar-refractivity contribution is 0.0147. The van der Waals surface area contributed by atoms with Gasteiger partial charge in [-0.15, -0.1) is 0 Å². The maximum atomic E-state index is 12.5. The van der Waals surface area contributed by atoms with Crippen molar-refractivity contribution < 1.29 is 22.7 Å². The summed E-state index contributed by atoms with van der Waals surface area (Å²) in [6.45, 7) is 13.7. The molecule has 1 aliphatic heterocycles. The summed E-state index contributed by atoms with van der Waals surface area (Å²) >= 11 is 0. The van der Waals surface area contributed by atoms with E-state index in [0.29, 0.717) is 57.9 Å². The van der Waals surface area contributed by atoms with Gasteiger partial charge in [0.05, 0.1) is 4.90 Å². The van der Waals surface area contributed by atoms with Crippen LogP contribution in [0.2, 0.25) is 0 Å². The molecule has 0 radical (unpaired) electrons. The van der Waals surface area contributed by atoms with Crippen LogP contribution in [0.5, 0.6) is 0 Å². The smallest absolute Gasteiger partial charge is 0.410 e. The van der Waals surface area contributed by atoms with Crippen LogP contribution in [-0.2, 0) is 14.8 Å². The van der Waals surface area contributed by atoms with Crippen LogP contribution in [0, 0.1) is 0 Å². The summed E-state index contributed by atoms with van der Waals surface area (Å²) in [7, 11) is -3.54. The van der Waals surface area contributed by atoms with Crippen molar-refractivity contribution in [2.24, 2.45) is 0 Å². The van der Waals surface area contributed by atoms with Gasteiger partial charge in [-0.3, -0.25) is 9.69 Å². The normalized spacial score (nSPS) is 15.6. The third-order valence-corrected chi connectivity index (χ3v) is 7.26. The lowest BCUT2D eigenvalue weighted by atomic mass is 10.2. The van der Waals surface area contributed by atoms with Gasteiger partial charge in [-0.1, -0.05) is 13.8 Å². The summed E-state index contributed by atoms with van der Waals surface area (Å²) in [4.78, 5) is 28.6. The lowest BCUT2D eigenvalue weighted by Crippen LogP contribution is -2.51. The van der Waals surface area contributed by atoms with Crippen molar-refractivity contribution in [3.8, 4) is 0 Å². The molecule has 1 N–H and O–H groups in total. The van der Waals surface area contributed by atoms with Crippen LogP contribution in [0.25, 0.3) is 0 Å². The molecule has 9 nitrogen and oxygen atoms in total. The lowest BCUT2D eigenvalue weighted by Gasteiger charge is -2.35. The van der Waals surface area contributed by atoms with Crippen LogP contribution in [0.1, 0.15) is 45.0 Å². The molecule has 0 aliphatic carbocycles. The highest BCUT2D eigenvalue weighted by atomic mass is 32.2. The second kappa shape index (κ2) is 11.1. The minimum Gasteiger partial charge on any atom is -0.444 e. The number of hydrogen-bond acceptors (Lipinski definition) is 6. The van der Waals surface area contributed by atoms with Gasteiger partial charge < -0.3 is 15.0 Å². The Bertz CT molecular complexity index is 869. The maximum absolute atomic E-state index is 12.5. The predicted molar refractivity (Wildman–Crippen MR) is 123 cm³/mol. The fourth-order valence-corrected chi connectivity index (χ4v) is 4.86. The van der Waals surface area contributed by atoms with E-state index in [4.69, 9.17) is 4.74 Å². The molecular formula is C22H36N4O5S. The molecule has 0 bridgehead atoms. The molecule has 180 valence electrons. The van der Waals surface area contributed by atoms with Crippen molar-refractivity contribution in [2.45, 2.75) is 45.1 Å². The first-order chi connectivity index (χ1) is 15.0. The Morgan fingerprint density at radius 1 is 1.03 bits per heavy atom. The summed E-state index contributed by atoms with van der Waals surface area (Å²) in [6.07, 6.45) is -0.295. The summed E-state index contributed by atoms with van der Waals surface area (Å²) < 4.78 is 31.9. The highest BCUT2D eigenvalue weighted by Gasteiger charge is 2.26. The SMILES string of the molecule is CCN(CC)S(=O)(=O)c1ccc(C(=O)NCCN2CCN(C(=O)OC(C)(C)C)CC2)cc1. The van der Waals surface area contributed by atoms with Crippen LogP contribution in [0.4, 0.5) is 4.79 Å². The van der Waals surface area contributed by atoms with E-state index in [2.05, 4.69) is 10.2 Å². The van der Waals surface area contributed by atoms with Crippen molar-refractivity contribution in [3.05, 3.63) is 29.8 Å². The van der Waals surface area contributed by atoms with Crippen molar-refractivity contribution in [1.29, 1.82) is 0 Å². The van der Waals surface area contributed by atoms with E-state index in [1.165, 1.54) is 28.6 Å². The van der Waals surface area contributed by atoms with Gasteiger partial charge in [0.2, 0.25) is 10.0 Å². The van der Waals surface area contributed by atoms with Crippen molar-refractivity contribution in [3.63, 3.8) is 0 Å². The first-order valence-corrected chi connectivity index (χ1v) is 12.5. The summed E-state index contributed by atoms with van der Waals surface area (Å²) in [5.41, 5.74) is -0.0926. The number of hydrogen-bond donors (Lipinski definition) is 1. The fourth-order valence-electron chi connectivity index (χ4n) is 3.40. The minimum atomic E-state index is -3.54. The molecule has 0 aromatic heterocycles. The maximum Gasteiger partial charge on any atom is 0.410 e. The number of carbonyl (C=O) groups excluding carboxylic acids is 2. The number of rotatable bonds is 8. The minimum absolute atomic E-state index is 0.181. The Morgan fingerprint density at radius 2 is 1.59 bits per heavy atom. The first-order valence-electron chi connectivity index (χ1n) is 11.1. The van der Waals surface area contributed by atoms with Gasteiger partial charge in [0, 0.05) is 57.9 Å². The number of sulfonamides is 1. The van der Waals surface area contributed by atoms with E-state index in [0.717, 1.165) is 0 Å². The molecule has 1 heterocycles. The zero-order chi connectivity index (χ0) is 23.9. The average molecular weight is 469 g/mol. The van der Waals surface area contributed by atoms with Crippen molar-refractivity contribution in [1.82, 2.24) is 19.4 Å². The number of carbonyl (C=O) groups is 2. The number of amides is 2. The van der Waals surface area contributed by atoms with Gasteiger partial charge in [0.25, 0.3) is 5.91 Å². The molecule has 10 heteroatoms. The van der Waals surface area contributed by atoms with Gasteiger partial charge >= 0.3 is 6.09 Å². The van der Waals surface area contributed by atoms with E-state index in [1.807, 2.05) is 20.8 Å². The van der Waals surface area contributed by atoms with Gasteiger partial charge in [0.1, 0.15) is 5.60 Å². The topological polar surface area (TPSA) is 99.3 Å². The Hall–Kier alpha value is -2.17. The second-order valence-corrected chi connectivity index (χ2v) is 10.6. The molecule has 0 atom stereocenters. The fraction of sp³-hybridized carbons (Fsp3) is 0.636. The van der Waals surface area contributed by atoms with E-state index in [1.54, 1.807) is 18.7 Å². The molecule has 2 rings (SSSR count). The number of benzene rings is 1. The first kappa shape index (κ1) is 26.1. The molecule has 1 aliphatic rings. The zero-order valence-electron chi connectivity index (χ0n) is 19.8. The standard InChI is InChI=1S/C22H36N4O5S/c1-6-26(7-2)32(29,30)19-10-8-18(9-11-19)20(27)23-12-13-24-14-16-25(17-15-24)21(28)31-22(3,4)5/h8-11H,6-7,12-17H2,1-5H3,(H,23,27). The van der Waals surface area contributed by atoms with Crippen LogP contribution >= 0.6 is 0 Å². The van der Waals surface area contributed by atoms with Crippen LogP contribution in [-0.4, -0.2) is 92.5 Å². The third kappa shape index (κ3) is 7.18. The molecule has 1 aromatic carbocycles. The Morgan fingerprint density at radius 3 is 2.09 bits per heavy atom. The largest absolute Gasteiger partial charge is 0.444 e. The molecule has 1 fully saturated rings. The average Bonchev–Trinajstić information content (AvgIpc) is 2.73. The highest BCUT2D eigenvalue weighted by Crippen LogP contribution is 2.16. The van der Waals surface area contributed by atoms with Crippen LogP contribution in [0.15, 0.2) is 29.2 Å². The summed E-state index contributed by atoms with van der Waals surface area (Å²) in [5.74, 6) is -0.246.